The molecule has 2 unspecified atom stereocenters. The summed E-state index contributed by atoms with van der Waals surface area (Å²) in [5.74, 6) is 2.86. The summed E-state index contributed by atoms with van der Waals surface area (Å²) in [6.07, 6.45) is 10.4. The lowest BCUT2D eigenvalue weighted by atomic mass is 9.85. The third kappa shape index (κ3) is 4.50. The summed E-state index contributed by atoms with van der Waals surface area (Å²) in [6.45, 7) is 4.64. The van der Waals surface area contributed by atoms with E-state index in [1.807, 2.05) is 36.4 Å². The number of piperidine rings is 1. The molecule has 7 rings (SSSR count). The normalized spacial score (nSPS) is 23.2. The number of benzene rings is 1. The Hall–Kier alpha value is -4.24. The number of amides is 1. The third-order valence-electron chi connectivity index (χ3n) is 8.49. The molecule has 2 saturated heterocycles. The van der Waals surface area contributed by atoms with Crippen molar-refractivity contribution < 1.29 is 9.53 Å². The number of aromatic nitrogens is 4. The van der Waals surface area contributed by atoms with E-state index in [1.165, 1.54) is 11.1 Å². The number of allylic oxidation sites excluding steroid dienone is 4. The highest BCUT2D eigenvalue weighted by Gasteiger charge is 2.40. The highest BCUT2D eigenvalue weighted by atomic mass is 16.5. The van der Waals surface area contributed by atoms with Crippen LogP contribution in [0.4, 0.5) is 5.69 Å². The summed E-state index contributed by atoms with van der Waals surface area (Å²) < 4.78 is 5.94. The lowest BCUT2D eigenvalue weighted by Gasteiger charge is -2.40. The molecule has 4 aliphatic rings. The number of hydrogen-bond donors (Lipinski definition) is 3. The molecule has 9 heteroatoms. The number of likely N-dealkylation sites (tertiary alicyclic amines) is 1. The van der Waals surface area contributed by atoms with Crippen molar-refractivity contribution >= 4 is 11.6 Å². The summed E-state index contributed by atoms with van der Waals surface area (Å²) >= 11 is 0. The Labute approximate surface area is 233 Å². The van der Waals surface area contributed by atoms with Crippen LogP contribution < -0.4 is 10.6 Å². The molecule has 9 nitrogen and oxygen atoms in total. The molecule has 3 aromatic rings. The Morgan fingerprint density at radius 3 is 2.73 bits per heavy atom. The Kier molecular flexibility index (Phi) is 6.04. The Morgan fingerprint density at radius 1 is 1.15 bits per heavy atom. The zero-order valence-electron chi connectivity index (χ0n) is 22.8. The largest absolute Gasteiger partial charge is 0.492 e. The number of nitrogens with one attached hydrogen (secondary N) is 3. The van der Waals surface area contributed by atoms with Crippen molar-refractivity contribution in [2.24, 2.45) is 5.92 Å². The first kappa shape index (κ1) is 24.8. The van der Waals surface area contributed by atoms with Gasteiger partial charge in [-0.2, -0.15) is 5.10 Å². The number of fused-ring (bicyclic) bond motifs is 1. The predicted octanol–water partition coefficient (Wildman–Crippen LogP) is 4.19. The van der Waals surface area contributed by atoms with Gasteiger partial charge >= 0.3 is 0 Å². The van der Waals surface area contributed by atoms with Gasteiger partial charge in [-0.05, 0) is 61.9 Å². The van der Waals surface area contributed by atoms with Crippen LogP contribution in [-0.4, -0.2) is 63.8 Å². The lowest BCUT2D eigenvalue weighted by molar-refractivity contribution is 0.0918. The highest BCUT2D eigenvalue weighted by molar-refractivity contribution is 5.95. The van der Waals surface area contributed by atoms with E-state index in [9.17, 15) is 4.79 Å². The van der Waals surface area contributed by atoms with Gasteiger partial charge in [0.2, 0.25) is 0 Å². The van der Waals surface area contributed by atoms with E-state index in [0.29, 0.717) is 23.9 Å². The van der Waals surface area contributed by atoms with Gasteiger partial charge < -0.3 is 20.3 Å². The first-order valence-corrected chi connectivity index (χ1v) is 14.0. The molecule has 2 aliphatic carbocycles. The summed E-state index contributed by atoms with van der Waals surface area (Å²) in [7, 11) is 2.14. The van der Waals surface area contributed by atoms with E-state index in [-0.39, 0.29) is 11.9 Å². The fraction of sp³-hybridized carbons (Fsp3) is 0.355. The van der Waals surface area contributed by atoms with Gasteiger partial charge in [-0.1, -0.05) is 19.1 Å². The number of pyridine rings is 1. The van der Waals surface area contributed by atoms with Crippen LogP contribution in [-0.2, 0) is 10.3 Å². The van der Waals surface area contributed by atoms with Gasteiger partial charge in [-0.15, -0.1) is 0 Å². The Bertz CT molecular complexity index is 1550. The SMILES string of the molecule is CC1C=C1C1=C2OCCC(NC(=O)c3cccc(NC4(c5nc(-c6ccncc6)n[nH]5)CCN(C)CC4)c3)C2=C1. The van der Waals surface area contributed by atoms with Crippen LogP contribution in [0.2, 0.25) is 0 Å². The van der Waals surface area contributed by atoms with Gasteiger partial charge in [0, 0.05) is 65.8 Å². The maximum Gasteiger partial charge on any atom is 0.251 e. The predicted molar refractivity (Wildman–Crippen MR) is 152 cm³/mol. The topological polar surface area (TPSA) is 108 Å². The molecule has 40 heavy (non-hydrogen) atoms. The second-order valence-corrected chi connectivity index (χ2v) is 11.3. The van der Waals surface area contributed by atoms with Crippen LogP contribution in [0.15, 0.2) is 83.4 Å². The first-order valence-electron chi connectivity index (χ1n) is 14.0. The molecule has 2 aromatic heterocycles. The molecule has 1 aromatic carbocycles. The Morgan fingerprint density at radius 2 is 1.95 bits per heavy atom. The molecule has 2 fully saturated rings. The molecule has 3 N–H and O–H groups in total. The standard InChI is InChI=1S/C31H33N7O2/c1-19-16-23(19)24-18-25-26(8-15-40-27(24)25)33-29(39)21-4-3-5-22(17-21)35-31(9-13-38(2)14-10-31)30-34-28(36-37-30)20-6-11-32-12-7-20/h3-7,11-12,16-19,26,35H,8-10,13-15H2,1-2H3,(H,33,39)(H,34,36,37). The van der Waals surface area contributed by atoms with Crippen molar-refractivity contribution in [3.8, 4) is 11.4 Å². The van der Waals surface area contributed by atoms with Crippen molar-refractivity contribution in [1.82, 2.24) is 30.4 Å². The molecule has 2 atom stereocenters. The molecule has 4 heterocycles. The number of rotatable bonds is 7. The average molecular weight is 536 g/mol. The maximum atomic E-state index is 13.4. The molecule has 0 bridgehead atoms. The smallest absolute Gasteiger partial charge is 0.251 e. The van der Waals surface area contributed by atoms with Crippen LogP contribution in [0.5, 0.6) is 0 Å². The average Bonchev–Trinajstić information content (AvgIpc) is 3.44. The number of nitrogens with zero attached hydrogens (tertiary/aromatic N) is 4. The zero-order chi connectivity index (χ0) is 27.3. The Balaban J connectivity index is 1.09. The van der Waals surface area contributed by atoms with Gasteiger partial charge in [-0.3, -0.25) is 14.9 Å². The van der Waals surface area contributed by atoms with E-state index in [4.69, 9.17) is 9.72 Å². The minimum atomic E-state index is -0.429. The van der Waals surface area contributed by atoms with Crippen molar-refractivity contribution in [2.45, 2.75) is 37.8 Å². The molecule has 1 amide bonds. The van der Waals surface area contributed by atoms with Crippen molar-refractivity contribution in [1.29, 1.82) is 0 Å². The van der Waals surface area contributed by atoms with E-state index >= 15 is 0 Å². The minimum Gasteiger partial charge on any atom is -0.492 e. The van der Waals surface area contributed by atoms with Gasteiger partial charge in [0.05, 0.1) is 18.2 Å². The van der Waals surface area contributed by atoms with Crippen molar-refractivity contribution in [3.63, 3.8) is 0 Å². The lowest BCUT2D eigenvalue weighted by Crippen LogP contribution is -2.46. The molecule has 2 aliphatic heterocycles. The van der Waals surface area contributed by atoms with E-state index in [0.717, 1.165) is 60.8 Å². The second kappa shape index (κ2) is 9.75. The number of aromatic amines is 1. The number of ether oxygens (including phenoxy) is 1. The second-order valence-electron chi connectivity index (χ2n) is 11.3. The van der Waals surface area contributed by atoms with Crippen LogP contribution in [0.25, 0.3) is 11.4 Å². The third-order valence-corrected chi connectivity index (χ3v) is 8.49. The minimum absolute atomic E-state index is 0.0349. The maximum absolute atomic E-state index is 13.4. The number of carbonyl (C=O) groups excluding carboxylic acids is 1. The fourth-order valence-corrected chi connectivity index (χ4v) is 5.92. The molecular formula is C31H33N7O2. The van der Waals surface area contributed by atoms with Gasteiger partial charge in [0.1, 0.15) is 5.76 Å². The van der Waals surface area contributed by atoms with E-state index < -0.39 is 5.54 Å². The van der Waals surface area contributed by atoms with Gasteiger partial charge in [0.15, 0.2) is 11.6 Å². The zero-order valence-corrected chi connectivity index (χ0v) is 22.8. The fourth-order valence-electron chi connectivity index (χ4n) is 5.92. The monoisotopic (exact) mass is 535 g/mol. The highest BCUT2D eigenvalue weighted by Crippen LogP contribution is 2.46. The molecule has 0 saturated carbocycles. The summed E-state index contributed by atoms with van der Waals surface area (Å²) in [5, 5.41) is 14.7. The number of carbonyl (C=O) groups is 1. The van der Waals surface area contributed by atoms with Gasteiger partial charge in [0.25, 0.3) is 5.91 Å². The van der Waals surface area contributed by atoms with Crippen LogP contribution in [0.1, 0.15) is 42.4 Å². The quantitative estimate of drug-likeness (QED) is 0.416. The first-order chi connectivity index (χ1) is 19.5. The molecular weight excluding hydrogens is 502 g/mol. The van der Waals surface area contributed by atoms with Crippen molar-refractivity contribution in [3.05, 3.63) is 94.8 Å². The van der Waals surface area contributed by atoms with Crippen LogP contribution in [0, 0.1) is 5.92 Å². The van der Waals surface area contributed by atoms with Crippen LogP contribution in [0.3, 0.4) is 0 Å². The number of hydrogen-bond acceptors (Lipinski definition) is 7. The molecule has 204 valence electrons. The van der Waals surface area contributed by atoms with E-state index in [2.05, 4.69) is 56.8 Å². The van der Waals surface area contributed by atoms with Crippen molar-refractivity contribution in [2.75, 3.05) is 32.1 Å². The van der Waals surface area contributed by atoms with Crippen LogP contribution >= 0.6 is 0 Å². The summed E-state index contributed by atoms with van der Waals surface area (Å²) in [6, 6.07) is 11.5. The van der Waals surface area contributed by atoms with Gasteiger partial charge in [-0.25, -0.2) is 4.98 Å². The number of H-pyrrole nitrogens is 1. The summed E-state index contributed by atoms with van der Waals surface area (Å²) in [5.41, 5.74) is 5.65. The van der Waals surface area contributed by atoms with E-state index in [1.54, 1.807) is 12.4 Å². The molecule has 0 spiro atoms. The number of anilines is 1. The summed E-state index contributed by atoms with van der Waals surface area (Å²) in [4.78, 5) is 24.7. The molecule has 0 radical (unpaired) electrons.